The fourth-order valence-corrected chi connectivity index (χ4v) is 3.04. The molecule has 0 saturated heterocycles. The molecule has 0 saturated carbocycles. The summed E-state index contributed by atoms with van der Waals surface area (Å²) in [5.74, 6) is 0.509. The highest BCUT2D eigenvalue weighted by atomic mass is 16.1. The number of fused-ring (bicyclic) bond motifs is 1. The van der Waals surface area contributed by atoms with Gasteiger partial charge in [0.2, 0.25) is 0 Å². The van der Waals surface area contributed by atoms with Gasteiger partial charge in [-0.2, -0.15) is 0 Å². The highest BCUT2D eigenvalue weighted by Gasteiger charge is 2.35. The molecule has 92 valence electrons. The standard InChI is InChI=1S/C15H21NO/c1-10-6-12(9-17)7-13-11(2)8-15(3,4)16(5)14(10)13/h6-7,9,11H,8H2,1-5H3/t11-/m0/s1. The van der Waals surface area contributed by atoms with Gasteiger partial charge in [-0.1, -0.05) is 6.92 Å². The molecule has 0 bridgehead atoms. The van der Waals surface area contributed by atoms with Crippen LogP contribution in [0.15, 0.2) is 12.1 Å². The van der Waals surface area contributed by atoms with Crippen molar-refractivity contribution in [2.24, 2.45) is 0 Å². The van der Waals surface area contributed by atoms with E-state index in [4.69, 9.17) is 0 Å². The molecular formula is C15H21NO. The van der Waals surface area contributed by atoms with Gasteiger partial charge in [0, 0.05) is 23.8 Å². The zero-order valence-electron chi connectivity index (χ0n) is 11.4. The average Bonchev–Trinajstić information content (AvgIpc) is 2.24. The molecule has 0 unspecified atom stereocenters. The van der Waals surface area contributed by atoms with Crippen LogP contribution in [-0.4, -0.2) is 18.9 Å². The summed E-state index contributed by atoms with van der Waals surface area (Å²) in [6, 6.07) is 4.03. The minimum absolute atomic E-state index is 0.180. The number of carbonyl (C=O) groups is 1. The Labute approximate surface area is 104 Å². The Balaban J connectivity index is 2.64. The number of carbonyl (C=O) groups excluding carboxylic acids is 1. The van der Waals surface area contributed by atoms with Gasteiger partial charge in [0.25, 0.3) is 0 Å². The Kier molecular flexibility index (Phi) is 2.76. The minimum Gasteiger partial charge on any atom is -0.369 e. The molecule has 0 aliphatic carbocycles. The summed E-state index contributed by atoms with van der Waals surface area (Å²) in [6.45, 7) is 8.90. The zero-order valence-corrected chi connectivity index (χ0v) is 11.4. The number of hydrogen-bond donors (Lipinski definition) is 0. The highest BCUT2D eigenvalue weighted by molar-refractivity contribution is 5.79. The van der Waals surface area contributed by atoms with E-state index in [0.29, 0.717) is 5.92 Å². The van der Waals surface area contributed by atoms with Gasteiger partial charge in [-0.05, 0) is 56.4 Å². The molecule has 2 heteroatoms. The first-order valence-corrected chi connectivity index (χ1v) is 6.20. The summed E-state index contributed by atoms with van der Waals surface area (Å²) in [6.07, 6.45) is 2.07. The number of nitrogens with zero attached hydrogens (tertiary/aromatic N) is 1. The third-order valence-corrected chi connectivity index (χ3v) is 4.07. The maximum Gasteiger partial charge on any atom is 0.150 e. The predicted molar refractivity (Wildman–Crippen MR) is 72.1 cm³/mol. The van der Waals surface area contributed by atoms with Crippen molar-refractivity contribution >= 4 is 12.0 Å². The minimum atomic E-state index is 0.180. The van der Waals surface area contributed by atoms with Gasteiger partial charge in [-0.25, -0.2) is 0 Å². The molecule has 2 rings (SSSR count). The predicted octanol–water partition coefficient (Wildman–Crippen LogP) is 3.53. The fourth-order valence-electron chi connectivity index (χ4n) is 3.04. The van der Waals surface area contributed by atoms with Crippen molar-refractivity contribution in [3.8, 4) is 0 Å². The smallest absolute Gasteiger partial charge is 0.150 e. The SMILES string of the molecule is Cc1cc(C=O)cc2c1N(C)C(C)(C)C[C@@H]2C. The molecule has 1 aromatic rings. The summed E-state index contributed by atoms with van der Waals surface area (Å²) >= 11 is 0. The Morgan fingerprint density at radius 2 is 2.06 bits per heavy atom. The summed E-state index contributed by atoms with van der Waals surface area (Å²) < 4.78 is 0. The van der Waals surface area contributed by atoms with E-state index in [0.717, 1.165) is 18.3 Å². The summed E-state index contributed by atoms with van der Waals surface area (Å²) in [4.78, 5) is 13.3. The molecule has 2 nitrogen and oxygen atoms in total. The summed E-state index contributed by atoms with van der Waals surface area (Å²) in [5.41, 5.74) is 4.79. The lowest BCUT2D eigenvalue weighted by Crippen LogP contribution is -2.46. The molecule has 17 heavy (non-hydrogen) atoms. The number of aldehydes is 1. The lowest BCUT2D eigenvalue weighted by Gasteiger charge is -2.46. The van der Waals surface area contributed by atoms with E-state index in [1.165, 1.54) is 16.8 Å². The molecule has 0 radical (unpaired) electrons. The Hall–Kier alpha value is -1.31. The van der Waals surface area contributed by atoms with Crippen LogP contribution in [0, 0.1) is 6.92 Å². The Morgan fingerprint density at radius 3 is 2.65 bits per heavy atom. The van der Waals surface area contributed by atoms with E-state index in [-0.39, 0.29) is 5.54 Å². The third kappa shape index (κ3) is 1.86. The van der Waals surface area contributed by atoms with Crippen molar-refractivity contribution in [3.05, 3.63) is 28.8 Å². The van der Waals surface area contributed by atoms with E-state index < -0.39 is 0 Å². The topological polar surface area (TPSA) is 20.3 Å². The van der Waals surface area contributed by atoms with E-state index in [1.807, 2.05) is 12.1 Å². The van der Waals surface area contributed by atoms with Gasteiger partial charge in [0.1, 0.15) is 6.29 Å². The van der Waals surface area contributed by atoms with Crippen molar-refractivity contribution in [2.75, 3.05) is 11.9 Å². The van der Waals surface area contributed by atoms with E-state index in [1.54, 1.807) is 0 Å². The highest BCUT2D eigenvalue weighted by Crippen LogP contribution is 2.44. The lowest BCUT2D eigenvalue weighted by atomic mass is 9.79. The molecule has 1 aliphatic heterocycles. The van der Waals surface area contributed by atoms with Crippen LogP contribution >= 0.6 is 0 Å². The van der Waals surface area contributed by atoms with Gasteiger partial charge >= 0.3 is 0 Å². The second-order valence-corrected chi connectivity index (χ2v) is 5.87. The molecule has 0 spiro atoms. The number of rotatable bonds is 1. The van der Waals surface area contributed by atoms with Crippen molar-refractivity contribution in [1.29, 1.82) is 0 Å². The molecule has 0 fully saturated rings. The molecular weight excluding hydrogens is 210 g/mol. The quantitative estimate of drug-likeness (QED) is 0.689. The van der Waals surface area contributed by atoms with Crippen LogP contribution < -0.4 is 4.90 Å². The van der Waals surface area contributed by atoms with Gasteiger partial charge in [0.15, 0.2) is 0 Å². The monoisotopic (exact) mass is 231 g/mol. The molecule has 1 atom stereocenters. The second kappa shape index (κ2) is 3.86. The van der Waals surface area contributed by atoms with Crippen molar-refractivity contribution < 1.29 is 4.79 Å². The Morgan fingerprint density at radius 1 is 1.41 bits per heavy atom. The van der Waals surface area contributed by atoms with Crippen LogP contribution in [0.5, 0.6) is 0 Å². The number of benzene rings is 1. The van der Waals surface area contributed by atoms with E-state index in [9.17, 15) is 4.79 Å². The van der Waals surface area contributed by atoms with Crippen LogP contribution in [0.2, 0.25) is 0 Å². The summed E-state index contributed by atoms with van der Waals surface area (Å²) in [5, 5.41) is 0. The fraction of sp³-hybridized carbons (Fsp3) is 0.533. The first-order chi connectivity index (χ1) is 7.86. The number of aryl methyl sites for hydroxylation is 1. The van der Waals surface area contributed by atoms with Gasteiger partial charge in [0.05, 0.1) is 0 Å². The van der Waals surface area contributed by atoms with Gasteiger partial charge < -0.3 is 4.90 Å². The molecule has 1 aliphatic rings. The van der Waals surface area contributed by atoms with Gasteiger partial charge in [-0.3, -0.25) is 4.79 Å². The number of anilines is 1. The Bertz CT molecular complexity index is 462. The lowest BCUT2D eigenvalue weighted by molar-refractivity contribution is 0.112. The normalized spacial score (nSPS) is 22.2. The first-order valence-electron chi connectivity index (χ1n) is 6.20. The van der Waals surface area contributed by atoms with Crippen LogP contribution in [0.25, 0.3) is 0 Å². The zero-order chi connectivity index (χ0) is 12.8. The van der Waals surface area contributed by atoms with Crippen molar-refractivity contribution in [1.82, 2.24) is 0 Å². The first kappa shape index (κ1) is 12.2. The second-order valence-electron chi connectivity index (χ2n) is 5.87. The van der Waals surface area contributed by atoms with E-state index >= 15 is 0 Å². The third-order valence-electron chi connectivity index (χ3n) is 4.07. The molecule has 0 amide bonds. The van der Waals surface area contributed by atoms with Crippen molar-refractivity contribution in [3.63, 3.8) is 0 Å². The van der Waals surface area contributed by atoms with Crippen LogP contribution in [0.1, 0.15) is 54.6 Å². The van der Waals surface area contributed by atoms with E-state index in [2.05, 4.69) is 39.6 Å². The maximum absolute atomic E-state index is 10.9. The average molecular weight is 231 g/mol. The molecule has 1 heterocycles. The molecule has 0 N–H and O–H groups in total. The van der Waals surface area contributed by atoms with Crippen LogP contribution in [0.3, 0.4) is 0 Å². The van der Waals surface area contributed by atoms with Gasteiger partial charge in [-0.15, -0.1) is 0 Å². The number of hydrogen-bond acceptors (Lipinski definition) is 2. The largest absolute Gasteiger partial charge is 0.369 e. The molecule has 0 aromatic heterocycles. The van der Waals surface area contributed by atoms with Crippen LogP contribution in [-0.2, 0) is 0 Å². The summed E-state index contributed by atoms with van der Waals surface area (Å²) in [7, 11) is 2.15. The van der Waals surface area contributed by atoms with Crippen molar-refractivity contribution in [2.45, 2.75) is 45.6 Å². The molecule has 1 aromatic carbocycles. The van der Waals surface area contributed by atoms with Crippen LogP contribution in [0.4, 0.5) is 5.69 Å². The maximum atomic E-state index is 10.9.